The van der Waals surface area contributed by atoms with Gasteiger partial charge in [-0.15, -0.1) is 0 Å². The average molecular weight is 355 g/mol. The van der Waals surface area contributed by atoms with Gasteiger partial charge < -0.3 is 14.6 Å². The van der Waals surface area contributed by atoms with Crippen LogP contribution >= 0.6 is 0 Å². The van der Waals surface area contributed by atoms with Crippen molar-refractivity contribution in [2.75, 3.05) is 19.1 Å². The number of rotatable bonds is 7. The summed E-state index contributed by atoms with van der Waals surface area (Å²) in [7, 11) is 3.22. The molecule has 0 unspecified atom stereocenters. The third kappa shape index (κ3) is 3.03. The van der Waals surface area contributed by atoms with Crippen LogP contribution in [-0.2, 0) is 4.79 Å². The molecule has 1 fully saturated rings. The zero-order valence-electron chi connectivity index (χ0n) is 15.4. The summed E-state index contributed by atoms with van der Waals surface area (Å²) >= 11 is 0. The summed E-state index contributed by atoms with van der Waals surface area (Å²) in [5.74, 6) is 1.22. The van der Waals surface area contributed by atoms with E-state index in [1.165, 1.54) is 0 Å². The highest BCUT2D eigenvalue weighted by atomic mass is 16.5. The fourth-order valence-electron chi connectivity index (χ4n) is 3.50. The highest BCUT2D eigenvalue weighted by molar-refractivity contribution is 6.08. The molecule has 0 radical (unpaired) electrons. The normalized spacial score (nSPS) is 22.1. The molecule has 26 heavy (non-hydrogen) atoms. The number of unbranched alkanes of at least 4 members (excludes halogenated alkanes) is 1. The Hall–Kier alpha value is -2.53. The molecule has 5 heteroatoms. The Balaban J connectivity index is 1.97. The second-order valence-electron chi connectivity index (χ2n) is 6.58. The number of methoxy groups -OCH3 is 2. The van der Waals surface area contributed by atoms with E-state index in [9.17, 15) is 9.90 Å². The van der Waals surface area contributed by atoms with Crippen LogP contribution < -0.4 is 14.4 Å². The number of hydrogen-bond donors (Lipinski definition) is 1. The van der Waals surface area contributed by atoms with Crippen molar-refractivity contribution in [3.63, 3.8) is 0 Å². The predicted octanol–water partition coefficient (Wildman–Crippen LogP) is 3.71. The Morgan fingerprint density at radius 3 is 2.04 bits per heavy atom. The Morgan fingerprint density at radius 1 is 1.00 bits per heavy atom. The van der Waals surface area contributed by atoms with Gasteiger partial charge in [-0.25, -0.2) is 0 Å². The van der Waals surface area contributed by atoms with Gasteiger partial charge in [-0.2, -0.15) is 0 Å². The lowest BCUT2D eigenvalue weighted by Gasteiger charge is -2.53. The molecule has 2 aromatic rings. The van der Waals surface area contributed by atoms with E-state index in [4.69, 9.17) is 9.47 Å². The van der Waals surface area contributed by atoms with Gasteiger partial charge in [0.1, 0.15) is 11.5 Å². The minimum absolute atomic E-state index is 0.253. The minimum atomic E-state index is -1.37. The van der Waals surface area contributed by atoms with Crippen molar-refractivity contribution in [1.29, 1.82) is 0 Å². The lowest BCUT2D eigenvalue weighted by atomic mass is 9.74. The molecule has 2 aromatic carbocycles. The van der Waals surface area contributed by atoms with Crippen molar-refractivity contribution in [2.24, 2.45) is 0 Å². The van der Waals surface area contributed by atoms with Crippen molar-refractivity contribution in [3.05, 3.63) is 54.1 Å². The molecule has 3 rings (SSSR count). The summed E-state index contributed by atoms with van der Waals surface area (Å²) in [5.41, 5.74) is 0.266. The van der Waals surface area contributed by atoms with E-state index >= 15 is 0 Å². The topological polar surface area (TPSA) is 59.0 Å². The standard InChI is InChI=1S/C21H25NO4/c1-4-5-14-21(24)19(15-6-10-17(25-2)11-7-15)22(20(21)23)16-8-12-18(26-3)13-9-16/h6-13,19,24H,4-5,14H2,1-3H3/t19-,21+/m1/s1. The summed E-state index contributed by atoms with van der Waals surface area (Å²) in [6.07, 6.45) is 2.17. The van der Waals surface area contributed by atoms with Crippen LogP contribution in [0.1, 0.15) is 37.8 Å². The van der Waals surface area contributed by atoms with Gasteiger partial charge in [0.15, 0.2) is 5.60 Å². The molecule has 2 atom stereocenters. The van der Waals surface area contributed by atoms with Gasteiger partial charge >= 0.3 is 0 Å². The zero-order valence-corrected chi connectivity index (χ0v) is 15.4. The summed E-state index contributed by atoms with van der Waals surface area (Å²) in [5, 5.41) is 11.1. The number of hydrogen-bond acceptors (Lipinski definition) is 4. The molecule has 1 amide bonds. The molecule has 0 spiro atoms. The van der Waals surface area contributed by atoms with Crippen molar-refractivity contribution in [1.82, 2.24) is 0 Å². The minimum Gasteiger partial charge on any atom is -0.497 e. The van der Waals surface area contributed by atoms with Gasteiger partial charge in [0.05, 0.1) is 20.3 Å². The first-order valence-corrected chi connectivity index (χ1v) is 8.89. The smallest absolute Gasteiger partial charge is 0.262 e. The van der Waals surface area contributed by atoms with Crippen molar-refractivity contribution in [3.8, 4) is 11.5 Å². The number of benzene rings is 2. The van der Waals surface area contributed by atoms with Crippen LogP contribution in [0.4, 0.5) is 5.69 Å². The molecular weight excluding hydrogens is 330 g/mol. The number of ether oxygens (including phenoxy) is 2. The van der Waals surface area contributed by atoms with E-state index in [0.29, 0.717) is 6.42 Å². The molecule has 5 nitrogen and oxygen atoms in total. The van der Waals surface area contributed by atoms with Gasteiger partial charge in [-0.1, -0.05) is 31.9 Å². The Bertz CT molecular complexity index is 757. The molecule has 0 saturated carbocycles. The predicted molar refractivity (Wildman–Crippen MR) is 101 cm³/mol. The number of carbonyl (C=O) groups excluding carboxylic acids is 1. The van der Waals surface area contributed by atoms with Crippen LogP contribution in [0.3, 0.4) is 0 Å². The highest BCUT2D eigenvalue weighted by Gasteiger charge is 2.60. The Kier molecular flexibility index (Phi) is 5.18. The third-order valence-electron chi connectivity index (χ3n) is 4.99. The van der Waals surface area contributed by atoms with Crippen LogP contribution in [0, 0.1) is 0 Å². The highest BCUT2D eigenvalue weighted by Crippen LogP contribution is 2.49. The number of β-lactam (4-membered cyclic amide) rings is 1. The van der Waals surface area contributed by atoms with Gasteiger partial charge in [0.2, 0.25) is 0 Å². The average Bonchev–Trinajstić information content (AvgIpc) is 2.70. The molecular formula is C21H25NO4. The number of carbonyl (C=O) groups is 1. The van der Waals surface area contributed by atoms with Crippen molar-refractivity contribution >= 4 is 11.6 Å². The van der Waals surface area contributed by atoms with E-state index in [2.05, 4.69) is 6.92 Å². The maximum Gasteiger partial charge on any atom is 0.262 e. The van der Waals surface area contributed by atoms with Crippen molar-refractivity contribution < 1.29 is 19.4 Å². The monoisotopic (exact) mass is 355 g/mol. The number of aliphatic hydroxyl groups is 1. The van der Waals surface area contributed by atoms with Crippen LogP contribution in [0.5, 0.6) is 11.5 Å². The first-order valence-electron chi connectivity index (χ1n) is 8.89. The van der Waals surface area contributed by atoms with Crippen LogP contribution in [-0.4, -0.2) is 30.8 Å². The summed E-state index contributed by atoms with van der Waals surface area (Å²) in [4.78, 5) is 14.5. The van der Waals surface area contributed by atoms with Gasteiger partial charge in [0, 0.05) is 5.69 Å². The van der Waals surface area contributed by atoms with Crippen molar-refractivity contribution in [2.45, 2.75) is 37.8 Å². The second kappa shape index (κ2) is 7.38. The molecule has 0 aliphatic carbocycles. The van der Waals surface area contributed by atoms with Gasteiger partial charge in [0.25, 0.3) is 5.91 Å². The lowest BCUT2D eigenvalue weighted by Crippen LogP contribution is -2.68. The molecule has 1 aliphatic rings. The Morgan fingerprint density at radius 2 is 1.54 bits per heavy atom. The maximum absolute atomic E-state index is 12.9. The molecule has 0 bridgehead atoms. The van der Waals surface area contributed by atoms with E-state index < -0.39 is 11.6 Å². The zero-order chi connectivity index (χ0) is 18.7. The molecule has 1 aliphatic heterocycles. The number of nitrogens with zero attached hydrogens (tertiary/aromatic N) is 1. The van der Waals surface area contributed by atoms with Crippen LogP contribution in [0.15, 0.2) is 48.5 Å². The molecule has 1 heterocycles. The SMILES string of the molecule is CCCC[C@@]1(O)C(=O)N(c2ccc(OC)cc2)[C@@H]1c1ccc(OC)cc1. The largest absolute Gasteiger partial charge is 0.497 e. The number of anilines is 1. The molecule has 1 N–H and O–H groups in total. The van der Waals surface area contributed by atoms with Crippen LogP contribution in [0.2, 0.25) is 0 Å². The maximum atomic E-state index is 12.9. The summed E-state index contributed by atoms with van der Waals surface area (Å²) < 4.78 is 10.4. The van der Waals surface area contributed by atoms with Gasteiger partial charge in [-0.3, -0.25) is 9.69 Å². The van der Waals surface area contributed by atoms with E-state index in [0.717, 1.165) is 35.6 Å². The molecule has 0 aromatic heterocycles. The fraction of sp³-hybridized carbons (Fsp3) is 0.381. The quantitative estimate of drug-likeness (QED) is 0.769. The second-order valence-corrected chi connectivity index (χ2v) is 6.58. The summed E-state index contributed by atoms with van der Waals surface area (Å²) in [6.45, 7) is 2.05. The van der Waals surface area contributed by atoms with E-state index in [1.807, 2.05) is 48.5 Å². The molecule has 1 saturated heterocycles. The van der Waals surface area contributed by atoms with E-state index in [-0.39, 0.29) is 5.91 Å². The summed E-state index contributed by atoms with van der Waals surface area (Å²) in [6, 6.07) is 14.4. The Labute approximate surface area is 154 Å². The first kappa shape index (κ1) is 18.3. The van der Waals surface area contributed by atoms with Gasteiger partial charge in [-0.05, 0) is 48.4 Å². The fourth-order valence-corrected chi connectivity index (χ4v) is 3.50. The van der Waals surface area contributed by atoms with Crippen LogP contribution in [0.25, 0.3) is 0 Å². The number of amides is 1. The lowest BCUT2D eigenvalue weighted by molar-refractivity contribution is -0.155. The first-order chi connectivity index (χ1) is 12.5. The molecule has 138 valence electrons. The van der Waals surface area contributed by atoms with E-state index in [1.54, 1.807) is 19.1 Å². The third-order valence-corrected chi connectivity index (χ3v) is 4.99.